The van der Waals surface area contributed by atoms with Crippen LogP contribution >= 0.6 is 46.4 Å². The third kappa shape index (κ3) is 2.99. The Morgan fingerprint density at radius 3 is 1.41 bits per heavy atom. The van der Waals surface area contributed by atoms with Gasteiger partial charge in [-0.25, -0.2) is 0 Å². The van der Waals surface area contributed by atoms with Crippen molar-refractivity contribution in [2.75, 3.05) is 14.2 Å². The van der Waals surface area contributed by atoms with Crippen LogP contribution in [0.1, 0.15) is 15.9 Å². The Morgan fingerprint density at radius 1 is 0.727 bits per heavy atom. The van der Waals surface area contributed by atoms with Crippen LogP contribution in [-0.4, -0.2) is 20.0 Å². The minimum Gasteiger partial charge on any atom is -0.495 e. The first kappa shape index (κ1) is 17.2. The van der Waals surface area contributed by atoms with Gasteiger partial charge < -0.3 is 9.47 Å². The molecule has 0 aliphatic rings. The zero-order valence-electron chi connectivity index (χ0n) is 11.5. The lowest BCUT2D eigenvalue weighted by molar-refractivity contribution is 0.103. The lowest BCUT2D eigenvalue weighted by Crippen LogP contribution is -2.04. The molecule has 0 unspecified atom stereocenters. The number of benzene rings is 2. The molecule has 116 valence electrons. The fourth-order valence-corrected chi connectivity index (χ4v) is 2.84. The predicted octanol–water partition coefficient (Wildman–Crippen LogP) is 5.55. The van der Waals surface area contributed by atoms with E-state index in [1.807, 2.05) is 0 Å². The molecular weight excluding hydrogens is 370 g/mol. The summed E-state index contributed by atoms with van der Waals surface area (Å²) in [6.07, 6.45) is 0. The summed E-state index contributed by atoms with van der Waals surface area (Å²) in [6, 6.07) is 6.15. The van der Waals surface area contributed by atoms with E-state index in [2.05, 4.69) is 0 Å². The van der Waals surface area contributed by atoms with Crippen molar-refractivity contribution in [1.29, 1.82) is 0 Å². The largest absolute Gasteiger partial charge is 0.495 e. The predicted molar refractivity (Wildman–Crippen MR) is 89.5 cm³/mol. The molecule has 0 saturated heterocycles. The molecule has 0 saturated carbocycles. The van der Waals surface area contributed by atoms with E-state index in [0.717, 1.165) is 0 Å². The van der Waals surface area contributed by atoms with Crippen LogP contribution in [0.2, 0.25) is 20.1 Å². The lowest BCUT2D eigenvalue weighted by atomic mass is 10.0. The zero-order chi connectivity index (χ0) is 16.4. The van der Waals surface area contributed by atoms with Gasteiger partial charge in [0.2, 0.25) is 0 Å². The molecule has 0 aliphatic heterocycles. The van der Waals surface area contributed by atoms with Crippen molar-refractivity contribution in [3.63, 3.8) is 0 Å². The molecule has 2 aromatic rings. The van der Waals surface area contributed by atoms with Gasteiger partial charge in [-0.15, -0.1) is 0 Å². The third-order valence-corrected chi connectivity index (χ3v) is 4.75. The Morgan fingerprint density at radius 2 is 1.09 bits per heavy atom. The second-order valence-corrected chi connectivity index (χ2v) is 5.73. The summed E-state index contributed by atoms with van der Waals surface area (Å²) in [5.74, 6) is 0.355. The number of halogens is 4. The Balaban J connectivity index is 2.54. The van der Waals surface area contributed by atoms with Crippen molar-refractivity contribution >= 4 is 52.2 Å². The van der Waals surface area contributed by atoms with Crippen LogP contribution in [0, 0.1) is 0 Å². The van der Waals surface area contributed by atoms with Gasteiger partial charge in [0.05, 0.1) is 24.3 Å². The Bertz CT molecular complexity index is 683. The van der Waals surface area contributed by atoms with Gasteiger partial charge in [0.25, 0.3) is 0 Å². The molecule has 0 aliphatic carbocycles. The van der Waals surface area contributed by atoms with Gasteiger partial charge in [-0.05, 0) is 24.3 Å². The Kier molecular flexibility index (Phi) is 5.45. The number of ketones is 1. The molecule has 2 aromatic carbocycles. The van der Waals surface area contributed by atoms with E-state index in [0.29, 0.717) is 11.5 Å². The summed E-state index contributed by atoms with van der Waals surface area (Å²) in [7, 11) is 2.91. The van der Waals surface area contributed by atoms with Gasteiger partial charge in [0.15, 0.2) is 5.78 Å². The molecule has 0 aromatic heterocycles. The molecule has 0 amide bonds. The SMILES string of the molecule is COc1ccc(C(=O)c2ccc(OC)c(Cl)c2Cl)c(Cl)c1Cl. The van der Waals surface area contributed by atoms with E-state index in [9.17, 15) is 4.79 Å². The first-order valence-electron chi connectivity index (χ1n) is 6.01. The molecule has 0 spiro atoms. The maximum Gasteiger partial charge on any atom is 0.196 e. The van der Waals surface area contributed by atoms with Crippen molar-refractivity contribution in [3.8, 4) is 11.5 Å². The van der Waals surface area contributed by atoms with E-state index in [-0.39, 0.29) is 31.2 Å². The molecule has 0 heterocycles. The van der Waals surface area contributed by atoms with Crippen LogP contribution in [0.15, 0.2) is 24.3 Å². The molecule has 0 fully saturated rings. The van der Waals surface area contributed by atoms with E-state index in [1.165, 1.54) is 26.4 Å². The highest BCUT2D eigenvalue weighted by Gasteiger charge is 2.22. The highest BCUT2D eigenvalue weighted by molar-refractivity contribution is 6.47. The number of hydrogen-bond acceptors (Lipinski definition) is 3. The lowest BCUT2D eigenvalue weighted by Gasteiger charge is -2.11. The summed E-state index contributed by atoms with van der Waals surface area (Å²) in [4.78, 5) is 12.6. The number of methoxy groups -OCH3 is 2. The van der Waals surface area contributed by atoms with Crippen LogP contribution in [-0.2, 0) is 0 Å². The molecule has 0 N–H and O–H groups in total. The van der Waals surface area contributed by atoms with Crippen LogP contribution in [0.3, 0.4) is 0 Å². The normalized spacial score (nSPS) is 10.5. The second-order valence-electron chi connectivity index (χ2n) is 4.22. The van der Waals surface area contributed by atoms with E-state index in [1.54, 1.807) is 12.1 Å². The van der Waals surface area contributed by atoms with Crippen LogP contribution in [0.4, 0.5) is 0 Å². The minimum absolute atomic E-state index is 0.0917. The third-order valence-electron chi connectivity index (χ3n) is 3.02. The topological polar surface area (TPSA) is 35.5 Å². The summed E-state index contributed by atoms with van der Waals surface area (Å²) in [6.45, 7) is 0. The van der Waals surface area contributed by atoms with Crippen molar-refractivity contribution < 1.29 is 14.3 Å². The average molecular weight is 380 g/mol. The number of hydrogen-bond donors (Lipinski definition) is 0. The molecule has 7 heteroatoms. The molecular formula is C15H10Cl4O3. The molecule has 22 heavy (non-hydrogen) atoms. The molecule has 3 nitrogen and oxygen atoms in total. The highest BCUT2D eigenvalue weighted by Crippen LogP contribution is 2.39. The van der Waals surface area contributed by atoms with Gasteiger partial charge in [0, 0.05) is 11.1 Å². The number of rotatable bonds is 4. The number of ether oxygens (including phenoxy) is 2. The smallest absolute Gasteiger partial charge is 0.196 e. The summed E-state index contributed by atoms with van der Waals surface area (Å²) >= 11 is 24.4. The molecule has 0 atom stereocenters. The van der Waals surface area contributed by atoms with Gasteiger partial charge in [-0.2, -0.15) is 0 Å². The zero-order valence-corrected chi connectivity index (χ0v) is 14.6. The van der Waals surface area contributed by atoms with Gasteiger partial charge in [0.1, 0.15) is 21.5 Å². The van der Waals surface area contributed by atoms with Gasteiger partial charge in [-0.3, -0.25) is 4.79 Å². The first-order valence-corrected chi connectivity index (χ1v) is 7.52. The van der Waals surface area contributed by atoms with Crippen molar-refractivity contribution in [2.45, 2.75) is 0 Å². The van der Waals surface area contributed by atoms with Gasteiger partial charge in [-0.1, -0.05) is 46.4 Å². The average Bonchev–Trinajstić information content (AvgIpc) is 2.52. The van der Waals surface area contributed by atoms with E-state index in [4.69, 9.17) is 55.9 Å². The minimum atomic E-state index is -0.399. The highest BCUT2D eigenvalue weighted by atomic mass is 35.5. The van der Waals surface area contributed by atoms with Crippen molar-refractivity contribution in [1.82, 2.24) is 0 Å². The standard InChI is InChI=1S/C15H10Cl4O3/c1-21-9-5-3-7(11(16)13(9)18)15(20)8-4-6-10(22-2)14(19)12(8)17/h3-6H,1-2H3. The fourth-order valence-electron chi connectivity index (χ4n) is 1.87. The fraction of sp³-hybridized carbons (Fsp3) is 0.133. The quantitative estimate of drug-likeness (QED) is 0.653. The van der Waals surface area contributed by atoms with Crippen LogP contribution in [0.25, 0.3) is 0 Å². The summed E-state index contributed by atoms with van der Waals surface area (Å²) in [5.41, 5.74) is 0.409. The molecule has 0 bridgehead atoms. The van der Waals surface area contributed by atoms with Crippen molar-refractivity contribution in [3.05, 3.63) is 55.5 Å². The van der Waals surface area contributed by atoms with Crippen LogP contribution in [0.5, 0.6) is 11.5 Å². The Labute approximate surface area is 147 Å². The second kappa shape index (κ2) is 6.97. The molecule has 0 radical (unpaired) electrons. The maximum absolute atomic E-state index is 12.6. The van der Waals surface area contributed by atoms with Crippen molar-refractivity contribution in [2.24, 2.45) is 0 Å². The molecule has 2 rings (SSSR count). The number of carbonyl (C=O) groups excluding carboxylic acids is 1. The van der Waals surface area contributed by atoms with Gasteiger partial charge >= 0.3 is 0 Å². The van der Waals surface area contributed by atoms with E-state index < -0.39 is 5.78 Å². The monoisotopic (exact) mass is 378 g/mol. The van der Waals surface area contributed by atoms with E-state index >= 15 is 0 Å². The first-order chi connectivity index (χ1) is 10.4. The summed E-state index contributed by atoms with van der Waals surface area (Å²) in [5, 5.41) is 0.500. The number of carbonyl (C=O) groups is 1. The maximum atomic E-state index is 12.6. The Hall–Kier alpha value is -1.13. The van der Waals surface area contributed by atoms with Crippen LogP contribution < -0.4 is 9.47 Å². The summed E-state index contributed by atoms with van der Waals surface area (Å²) < 4.78 is 10.1.